The van der Waals surface area contributed by atoms with E-state index in [0.717, 1.165) is 0 Å². The third-order valence-corrected chi connectivity index (χ3v) is 0.206. The van der Waals surface area contributed by atoms with E-state index in [2.05, 4.69) is 41.5 Å². The fourth-order valence-electron chi connectivity index (χ4n) is 0. The van der Waals surface area contributed by atoms with Crippen LogP contribution in [0.1, 0.15) is 41.5 Å². The van der Waals surface area contributed by atoms with Gasteiger partial charge in [-0.2, -0.15) is 41.5 Å². The number of carbonyl (C=O) groups excluding carboxylic acids is 2. The molecular weight excluding hydrogens is 228 g/mol. The number of hydrogen-bond donors (Lipinski definition) is 0. The molecule has 2 amide bonds. The fourth-order valence-corrected chi connectivity index (χ4v) is 0. The molecule has 0 unspecified atom stereocenters. The minimum absolute atomic E-state index is 0. The first-order valence-corrected chi connectivity index (χ1v) is 4.16. The molecule has 86 valence electrons. The minimum Gasteiger partial charge on any atom is -0.662 e. The molecule has 0 aromatic heterocycles. The van der Waals surface area contributed by atoms with E-state index < -0.39 is 11.8 Å². The van der Waals surface area contributed by atoms with E-state index in [-0.39, 0.29) is 21.7 Å². The first-order valence-electron chi connectivity index (χ1n) is 4.16. The van der Waals surface area contributed by atoms with Crippen molar-refractivity contribution in [2.45, 2.75) is 41.5 Å². The van der Waals surface area contributed by atoms with Crippen molar-refractivity contribution in [2.24, 2.45) is 0 Å². The molecule has 0 fully saturated rings. The molecule has 0 rings (SSSR count). The second-order valence-electron chi connectivity index (χ2n) is 3.66. The topological polar surface area (TPSA) is 81.7 Å². The summed E-state index contributed by atoms with van der Waals surface area (Å²) in [4.78, 5) is 18.5. The zero-order valence-electron chi connectivity index (χ0n) is 10.3. The third kappa shape index (κ3) is 139. The summed E-state index contributed by atoms with van der Waals surface area (Å²) in [5, 5.41) is 0. The molecule has 0 aliphatic carbocycles. The largest absolute Gasteiger partial charge is 4.00 e. The van der Waals surface area contributed by atoms with Crippen LogP contribution in [0.2, 0.25) is 0 Å². The molecule has 0 atom stereocenters. The molecule has 4 nitrogen and oxygen atoms in total. The summed E-state index contributed by atoms with van der Waals surface area (Å²) in [7, 11) is 0. The van der Waals surface area contributed by atoms with Gasteiger partial charge in [0.15, 0.2) is 0 Å². The van der Waals surface area contributed by atoms with E-state index in [1.54, 1.807) is 0 Å². The summed E-state index contributed by atoms with van der Waals surface area (Å²) < 4.78 is 0. The van der Waals surface area contributed by atoms with Crippen LogP contribution in [0.4, 0.5) is 0 Å². The Bertz CT molecular complexity index is 136. The summed E-state index contributed by atoms with van der Waals surface area (Å²) in [5.74, 6) is -0.0926. The Morgan fingerprint density at radius 2 is 0.800 bits per heavy atom. The van der Waals surface area contributed by atoms with Crippen molar-refractivity contribution in [1.29, 1.82) is 0 Å². The van der Waals surface area contributed by atoms with Gasteiger partial charge in [0, 0.05) is 0 Å². The van der Waals surface area contributed by atoms with Crippen LogP contribution in [-0.2, 0) is 31.3 Å². The second-order valence-corrected chi connectivity index (χ2v) is 3.66. The van der Waals surface area contributed by atoms with Gasteiger partial charge in [-0.1, -0.05) is 0 Å². The van der Waals surface area contributed by atoms with Gasteiger partial charge in [-0.25, -0.2) is 0 Å². The first kappa shape index (κ1) is 24.1. The first-order chi connectivity index (χ1) is 6.11. The molecule has 0 aliphatic heterocycles. The van der Waals surface area contributed by atoms with Gasteiger partial charge in [0.1, 0.15) is 0 Å². The van der Waals surface area contributed by atoms with Crippen molar-refractivity contribution in [3.05, 3.63) is 23.3 Å². The zero-order chi connectivity index (χ0) is 12.3. The molecule has 0 aromatic carbocycles. The molecule has 0 aliphatic rings. The van der Waals surface area contributed by atoms with Crippen LogP contribution < -0.4 is 0 Å². The van der Waals surface area contributed by atoms with Gasteiger partial charge in [0.25, 0.3) is 0 Å². The van der Waals surface area contributed by atoms with Crippen molar-refractivity contribution < 1.29 is 31.3 Å². The Morgan fingerprint density at radius 1 is 0.733 bits per heavy atom. The Morgan fingerprint density at radius 3 is 0.800 bits per heavy atom. The van der Waals surface area contributed by atoms with E-state index in [4.69, 9.17) is 11.5 Å². The molecule has 0 saturated heterocycles. The van der Waals surface area contributed by atoms with E-state index in [0.29, 0.717) is 0 Å². The Balaban J connectivity index is -0.0000000606. The number of nitrogens with one attached hydrogen (secondary N) is 2. The Labute approximate surface area is 108 Å². The molecule has 0 saturated carbocycles. The van der Waals surface area contributed by atoms with E-state index in [1.807, 2.05) is 0 Å². The summed E-state index contributed by atoms with van der Waals surface area (Å²) in [5.41, 5.74) is 11.7. The maximum atomic E-state index is 9.27. The van der Waals surface area contributed by atoms with Crippen molar-refractivity contribution in [3.8, 4) is 0 Å². The molecule has 2 N–H and O–H groups in total. The van der Waals surface area contributed by atoms with E-state index >= 15 is 0 Å². The second kappa shape index (κ2) is 16.1. The van der Waals surface area contributed by atoms with Gasteiger partial charge in [0.05, 0.1) is 11.8 Å². The zero-order valence-corrected chi connectivity index (χ0v) is 11.9. The predicted octanol–water partition coefficient (Wildman–Crippen LogP) is 3.38. The maximum Gasteiger partial charge on any atom is 4.00 e. The predicted molar refractivity (Wildman–Crippen MR) is 59.2 cm³/mol. The Kier molecular flexibility index (Phi) is 25.8. The summed E-state index contributed by atoms with van der Waals surface area (Å²) in [6, 6.07) is 0. The molecule has 0 radical (unpaired) electrons. The van der Waals surface area contributed by atoms with Gasteiger partial charge in [0.2, 0.25) is 0 Å². The number of rotatable bonds is 0. The van der Waals surface area contributed by atoms with Gasteiger partial charge in [-0.15, -0.1) is 0 Å². The minimum atomic E-state index is -1.46. The summed E-state index contributed by atoms with van der Waals surface area (Å²) in [6.45, 7) is 12.5. The molecule has 5 heteroatoms. The molecule has 0 spiro atoms. The average Bonchev–Trinajstić information content (AvgIpc) is 1.83. The van der Waals surface area contributed by atoms with Crippen molar-refractivity contribution in [1.82, 2.24) is 0 Å². The normalized spacial score (nSPS) is 7.73. The maximum absolute atomic E-state index is 9.27. The number of hydrogen-bond acceptors (Lipinski definition) is 2. The quantitative estimate of drug-likeness (QED) is 0.374. The van der Waals surface area contributed by atoms with Gasteiger partial charge in [-0.05, 0) is 0 Å². The van der Waals surface area contributed by atoms with Crippen LogP contribution in [0.15, 0.2) is 0 Å². The van der Waals surface area contributed by atoms with Crippen molar-refractivity contribution in [3.63, 3.8) is 0 Å². The van der Waals surface area contributed by atoms with Crippen LogP contribution in [-0.4, -0.2) is 11.8 Å². The fraction of sp³-hybridized carbons (Fsp3) is 0.600. The number of amides is 2. The van der Waals surface area contributed by atoms with Crippen LogP contribution >= 0.6 is 0 Å². The van der Waals surface area contributed by atoms with Crippen LogP contribution in [0, 0.1) is 11.8 Å². The van der Waals surface area contributed by atoms with Gasteiger partial charge < -0.3 is 32.9 Å². The molecular formula is C10H20N2O2Ti. The summed E-state index contributed by atoms with van der Waals surface area (Å²) in [6.07, 6.45) is 0. The number of carbonyl (C=O) groups is 2. The molecule has 0 heterocycles. The van der Waals surface area contributed by atoms with Gasteiger partial charge >= 0.3 is 21.7 Å². The van der Waals surface area contributed by atoms with Crippen molar-refractivity contribution in [2.75, 3.05) is 0 Å². The van der Waals surface area contributed by atoms with Crippen LogP contribution in [0.3, 0.4) is 0 Å². The molecule has 15 heavy (non-hydrogen) atoms. The Hall–Kier alpha value is -0.346. The smallest absolute Gasteiger partial charge is 0.662 e. The van der Waals surface area contributed by atoms with Crippen LogP contribution in [0.5, 0.6) is 0 Å². The van der Waals surface area contributed by atoms with Crippen molar-refractivity contribution >= 4 is 11.8 Å². The molecule has 0 aromatic rings. The standard InChI is InChI=1S/2C4H9.C2H4N2O2.Ti/c2*1-4(2)3;3-1(5)2(4)6;/h2*1-3H3;(H4,3,4,5,6);/q2*-1;;+4/p-2. The third-order valence-electron chi connectivity index (χ3n) is 0.206. The van der Waals surface area contributed by atoms with Gasteiger partial charge in [-0.3, -0.25) is 0 Å². The summed E-state index contributed by atoms with van der Waals surface area (Å²) >= 11 is 0. The SMILES string of the molecule is C[C-](C)C.C[C-](C)C.[NH-]C(=O)C([NH-])=O.[Ti+4]. The average molecular weight is 248 g/mol. The molecule has 0 bridgehead atoms. The van der Waals surface area contributed by atoms with E-state index in [1.165, 1.54) is 11.8 Å². The van der Waals surface area contributed by atoms with E-state index in [9.17, 15) is 9.59 Å². The van der Waals surface area contributed by atoms with Crippen LogP contribution in [0.25, 0.3) is 11.5 Å². The monoisotopic (exact) mass is 248 g/mol.